The summed E-state index contributed by atoms with van der Waals surface area (Å²) in [5.41, 5.74) is 7.21. The van der Waals surface area contributed by atoms with Crippen LogP contribution in [0.15, 0.2) is 18.2 Å². The van der Waals surface area contributed by atoms with E-state index in [9.17, 15) is 4.79 Å². The van der Waals surface area contributed by atoms with Gasteiger partial charge in [0, 0.05) is 18.3 Å². The molecule has 106 valence electrons. The molecule has 6 nitrogen and oxygen atoms in total. The van der Waals surface area contributed by atoms with Gasteiger partial charge in [0.2, 0.25) is 0 Å². The molecule has 0 saturated carbocycles. The molecule has 0 atom stereocenters. The molecule has 0 amide bonds. The standard InChI is InChI=1S/C13H14ClN3O3/c1-7-8(12(14)17(2)16-7)6-20-10-5-3-4-9(15)11(10)13(18)19/h3-5H,6,15H2,1-2H3,(H,18,19). The quantitative estimate of drug-likeness (QED) is 0.844. The number of aryl methyl sites for hydroxylation is 2. The van der Waals surface area contributed by atoms with Gasteiger partial charge in [0.1, 0.15) is 23.1 Å². The molecular weight excluding hydrogens is 282 g/mol. The van der Waals surface area contributed by atoms with Crippen LogP contribution in [-0.4, -0.2) is 20.9 Å². The lowest BCUT2D eigenvalue weighted by Gasteiger charge is -2.10. The summed E-state index contributed by atoms with van der Waals surface area (Å²) in [7, 11) is 1.72. The van der Waals surface area contributed by atoms with E-state index in [-0.39, 0.29) is 23.6 Å². The predicted molar refractivity (Wildman–Crippen MR) is 75.1 cm³/mol. The van der Waals surface area contributed by atoms with E-state index in [2.05, 4.69) is 5.10 Å². The number of nitrogens with zero attached hydrogens (tertiary/aromatic N) is 2. The molecule has 2 aromatic rings. The summed E-state index contributed by atoms with van der Waals surface area (Å²) in [5.74, 6) is -0.927. The maximum Gasteiger partial charge on any atom is 0.341 e. The minimum Gasteiger partial charge on any atom is -0.488 e. The van der Waals surface area contributed by atoms with Gasteiger partial charge in [-0.1, -0.05) is 17.7 Å². The second kappa shape index (κ2) is 5.42. The number of nitrogens with two attached hydrogens (primary N) is 1. The number of benzene rings is 1. The molecule has 0 bridgehead atoms. The summed E-state index contributed by atoms with van der Waals surface area (Å²) in [4.78, 5) is 11.2. The zero-order chi connectivity index (χ0) is 14.9. The molecule has 20 heavy (non-hydrogen) atoms. The minimum absolute atomic E-state index is 0.0508. The SMILES string of the molecule is Cc1nn(C)c(Cl)c1COc1cccc(N)c1C(=O)O. The first-order valence-electron chi connectivity index (χ1n) is 5.84. The topological polar surface area (TPSA) is 90.4 Å². The van der Waals surface area contributed by atoms with E-state index in [4.69, 9.17) is 27.2 Å². The van der Waals surface area contributed by atoms with Crippen LogP contribution in [0.3, 0.4) is 0 Å². The maximum absolute atomic E-state index is 11.2. The number of ether oxygens (including phenoxy) is 1. The highest BCUT2D eigenvalue weighted by Gasteiger charge is 2.17. The number of carbonyl (C=O) groups is 1. The second-order valence-electron chi connectivity index (χ2n) is 4.29. The number of carboxylic acids is 1. The van der Waals surface area contributed by atoms with Gasteiger partial charge in [-0.15, -0.1) is 0 Å². The molecule has 0 aliphatic carbocycles. The van der Waals surface area contributed by atoms with E-state index in [0.29, 0.717) is 10.7 Å². The van der Waals surface area contributed by atoms with E-state index in [1.165, 1.54) is 10.7 Å². The van der Waals surface area contributed by atoms with Crippen molar-refractivity contribution in [3.63, 3.8) is 0 Å². The Bertz CT molecular complexity index is 667. The number of hydrogen-bond acceptors (Lipinski definition) is 4. The first-order chi connectivity index (χ1) is 9.41. The fourth-order valence-electron chi connectivity index (χ4n) is 1.89. The number of nitrogen functional groups attached to an aromatic ring is 1. The molecule has 0 aliphatic heterocycles. The van der Waals surface area contributed by atoms with E-state index in [1.807, 2.05) is 6.92 Å². The largest absolute Gasteiger partial charge is 0.488 e. The van der Waals surface area contributed by atoms with Crippen molar-refractivity contribution < 1.29 is 14.6 Å². The zero-order valence-electron chi connectivity index (χ0n) is 11.1. The molecule has 1 heterocycles. The van der Waals surface area contributed by atoms with Crippen molar-refractivity contribution in [1.82, 2.24) is 9.78 Å². The van der Waals surface area contributed by atoms with Gasteiger partial charge in [-0.2, -0.15) is 5.10 Å². The molecule has 0 unspecified atom stereocenters. The van der Waals surface area contributed by atoms with Crippen LogP contribution >= 0.6 is 11.6 Å². The second-order valence-corrected chi connectivity index (χ2v) is 4.65. The van der Waals surface area contributed by atoms with Gasteiger partial charge in [-0.05, 0) is 19.1 Å². The Morgan fingerprint density at radius 3 is 2.80 bits per heavy atom. The Hall–Kier alpha value is -2.21. The number of rotatable bonds is 4. The molecule has 1 aromatic carbocycles. The van der Waals surface area contributed by atoms with Crippen molar-refractivity contribution in [2.75, 3.05) is 5.73 Å². The van der Waals surface area contributed by atoms with Gasteiger partial charge in [-0.3, -0.25) is 4.68 Å². The third kappa shape index (κ3) is 2.55. The number of halogens is 1. The highest BCUT2D eigenvalue weighted by Crippen LogP contribution is 2.27. The van der Waals surface area contributed by atoms with E-state index in [0.717, 1.165) is 5.69 Å². The van der Waals surface area contributed by atoms with Crippen LogP contribution in [0, 0.1) is 6.92 Å². The molecule has 2 rings (SSSR count). The fourth-order valence-corrected chi connectivity index (χ4v) is 2.11. The first-order valence-corrected chi connectivity index (χ1v) is 6.22. The Labute approximate surface area is 120 Å². The van der Waals surface area contributed by atoms with Gasteiger partial charge >= 0.3 is 5.97 Å². The molecule has 0 radical (unpaired) electrons. The summed E-state index contributed by atoms with van der Waals surface area (Å²) in [6.07, 6.45) is 0. The van der Waals surface area contributed by atoms with Crippen LogP contribution in [0.25, 0.3) is 0 Å². The lowest BCUT2D eigenvalue weighted by Crippen LogP contribution is -2.07. The summed E-state index contributed by atoms with van der Waals surface area (Å²) >= 11 is 6.09. The summed E-state index contributed by atoms with van der Waals surface area (Å²) in [5, 5.41) is 13.8. The zero-order valence-corrected chi connectivity index (χ0v) is 11.8. The number of aromatic carboxylic acids is 1. The van der Waals surface area contributed by atoms with Crippen LogP contribution in [0.4, 0.5) is 5.69 Å². The van der Waals surface area contributed by atoms with Crippen LogP contribution < -0.4 is 10.5 Å². The highest BCUT2D eigenvalue weighted by atomic mass is 35.5. The lowest BCUT2D eigenvalue weighted by atomic mass is 10.1. The lowest BCUT2D eigenvalue weighted by molar-refractivity contribution is 0.0693. The van der Waals surface area contributed by atoms with Crippen molar-refractivity contribution in [3.8, 4) is 5.75 Å². The van der Waals surface area contributed by atoms with Gasteiger partial charge in [0.05, 0.1) is 5.69 Å². The number of anilines is 1. The molecule has 0 fully saturated rings. The van der Waals surface area contributed by atoms with Gasteiger partial charge in [0.15, 0.2) is 0 Å². The van der Waals surface area contributed by atoms with Crippen LogP contribution in [0.1, 0.15) is 21.6 Å². The molecule has 1 aromatic heterocycles. The first kappa shape index (κ1) is 14.2. The Morgan fingerprint density at radius 2 is 2.25 bits per heavy atom. The van der Waals surface area contributed by atoms with E-state index >= 15 is 0 Å². The van der Waals surface area contributed by atoms with E-state index in [1.54, 1.807) is 19.2 Å². The van der Waals surface area contributed by atoms with Gasteiger partial charge in [0.25, 0.3) is 0 Å². The smallest absolute Gasteiger partial charge is 0.341 e. The van der Waals surface area contributed by atoms with E-state index < -0.39 is 5.97 Å². The maximum atomic E-state index is 11.2. The molecule has 0 spiro atoms. The predicted octanol–water partition coefficient (Wildman–Crippen LogP) is 2.24. The third-order valence-electron chi connectivity index (χ3n) is 2.91. The molecule has 7 heteroatoms. The highest BCUT2D eigenvalue weighted by molar-refractivity contribution is 6.30. The van der Waals surface area contributed by atoms with Crippen molar-refractivity contribution >= 4 is 23.3 Å². The molecular formula is C13H14ClN3O3. The molecule has 0 saturated heterocycles. The Morgan fingerprint density at radius 1 is 1.55 bits per heavy atom. The van der Waals surface area contributed by atoms with Crippen molar-refractivity contribution in [2.45, 2.75) is 13.5 Å². The van der Waals surface area contributed by atoms with Crippen LogP contribution in [-0.2, 0) is 13.7 Å². The van der Waals surface area contributed by atoms with Crippen LogP contribution in [0.5, 0.6) is 5.75 Å². The van der Waals surface area contributed by atoms with Crippen LogP contribution in [0.2, 0.25) is 5.15 Å². The molecule has 3 N–H and O–H groups in total. The van der Waals surface area contributed by atoms with Gasteiger partial charge in [-0.25, -0.2) is 4.79 Å². The number of carboxylic acid groups (broad SMARTS) is 1. The Balaban J connectivity index is 2.28. The fraction of sp³-hybridized carbons (Fsp3) is 0.231. The monoisotopic (exact) mass is 295 g/mol. The summed E-state index contributed by atoms with van der Waals surface area (Å²) in [6, 6.07) is 4.70. The summed E-state index contributed by atoms with van der Waals surface area (Å²) in [6.45, 7) is 1.93. The Kier molecular flexibility index (Phi) is 3.85. The minimum atomic E-state index is -1.13. The number of hydrogen-bond donors (Lipinski definition) is 2. The van der Waals surface area contributed by atoms with Crippen molar-refractivity contribution in [2.24, 2.45) is 7.05 Å². The third-order valence-corrected chi connectivity index (χ3v) is 3.39. The number of aromatic nitrogens is 2. The normalized spacial score (nSPS) is 10.6. The molecule has 0 aliphatic rings. The van der Waals surface area contributed by atoms with Gasteiger partial charge < -0.3 is 15.6 Å². The average Bonchev–Trinajstić information content (AvgIpc) is 2.61. The average molecular weight is 296 g/mol. The van der Waals surface area contributed by atoms with Crippen molar-refractivity contribution in [1.29, 1.82) is 0 Å². The summed E-state index contributed by atoms with van der Waals surface area (Å²) < 4.78 is 7.08. The van der Waals surface area contributed by atoms with Crippen molar-refractivity contribution in [3.05, 3.63) is 40.2 Å².